The molecule has 1 aliphatic heterocycles. The van der Waals surface area contributed by atoms with Crippen LogP contribution in [0.2, 0.25) is 0 Å². The minimum atomic E-state index is -0.140. The van der Waals surface area contributed by atoms with E-state index < -0.39 is 0 Å². The van der Waals surface area contributed by atoms with Crippen LogP contribution in [0, 0.1) is 0 Å². The Balaban J connectivity index is 2.18. The summed E-state index contributed by atoms with van der Waals surface area (Å²) >= 11 is 0. The number of benzene rings is 1. The first-order valence-electron chi connectivity index (χ1n) is 7.17. The summed E-state index contributed by atoms with van der Waals surface area (Å²) in [6, 6.07) is 5.20. The van der Waals surface area contributed by atoms with Crippen molar-refractivity contribution in [1.29, 1.82) is 0 Å². The van der Waals surface area contributed by atoms with E-state index in [1.807, 2.05) is 13.8 Å². The van der Waals surface area contributed by atoms with Gasteiger partial charge in [0.25, 0.3) is 0 Å². The number of nitrogens with one attached hydrogen (secondary N) is 1. The van der Waals surface area contributed by atoms with Gasteiger partial charge in [-0.3, -0.25) is 4.79 Å². The maximum Gasteiger partial charge on any atom is 0.321 e. The number of nitrogens with zero attached hydrogens (tertiary/aromatic N) is 2. The summed E-state index contributed by atoms with van der Waals surface area (Å²) in [6.07, 6.45) is 0. The number of carbonyl (C=O) groups is 2. The Morgan fingerprint density at radius 3 is 2.67 bits per heavy atom. The van der Waals surface area contributed by atoms with Gasteiger partial charge in [0, 0.05) is 31.8 Å². The molecule has 3 amide bonds. The summed E-state index contributed by atoms with van der Waals surface area (Å²) in [6.45, 7) is 7.72. The molecule has 0 unspecified atom stereocenters. The number of carbonyl (C=O) groups excluding carboxylic acids is 2. The van der Waals surface area contributed by atoms with Crippen LogP contribution in [-0.4, -0.2) is 43.1 Å². The van der Waals surface area contributed by atoms with Crippen molar-refractivity contribution in [3.63, 3.8) is 0 Å². The van der Waals surface area contributed by atoms with Gasteiger partial charge < -0.3 is 19.9 Å². The standard InChI is InChI=1S/C15H21N3O3/c1-4-17(5-2)15(20)16-12-6-7-13-14(10-12)21-9-8-18(13)11(3)19/h6-7,10H,4-5,8-9H2,1-3H3,(H,16,20). The van der Waals surface area contributed by atoms with Gasteiger partial charge in [0.05, 0.1) is 12.2 Å². The van der Waals surface area contributed by atoms with Crippen LogP contribution in [0.4, 0.5) is 16.2 Å². The molecule has 0 saturated heterocycles. The highest BCUT2D eigenvalue weighted by molar-refractivity contribution is 5.95. The molecule has 0 radical (unpaired) electrons. The van der Waals surface area contributed by atoms with Crippen molar-refractivity contribution in [3.05, 3.63) is 18.2 Å². The lowest BCUT2D eigenvalue weighted by Crippen LogP contribution is -2.36. The van der Waals surface area contributed by atoms with Crippen LogP contribution in [-0.2, 0) is 4.79 Å². The van der Waals surface area contributed by atoms with E-state index in [2.05, 4.69) is 5.32 Å². The number of fused-ring (bicyclic) bond motifs is 1. The van der Waals surface area contributed by atoms with Crippen LogP contribution >= 0.6 is 0 Å². The van der Waals surface area contributed by atoms with Crippen LogP contribution in [0.25, 0.3) is 0 Å². The maximum absolute atomic E-state index is 12.0. The Morgan fingerprint density at radius 1 is 1.33 bits per heavy atom. The van der Waals surface area contributed by atoms with Crippen molar-refractivity contribution in [2.45, 2.75) is 20.8 Å². The molecule has 114 valence electrons. The lowest BCUT2D eigenvalue weighted by Gasteiger charge is -2.29. The molecule has 1 aliphatic rings. The van der Waals surface area contributed by atoms with E-state index in [1.165, 1.54) is 6.92 Å². The zero-order chi connectivity index (χ0) is 15.4. The molecule has 0 aromatic heterocycles. The molecule has 1 heterocycles. The topological polar surface area (TPSA) is 61.9 Å². The minimum absolute atomic E-state index is 0.0144. The van der Waals surface area contributed by atoms with E-state index in [1.54, 1.807) is 28.0 Å². The highest BCUT2D eigenvalue weighted by atomic mass is 16.5. The van der Waals surface area contributed by atoms with Crippen molar-refractivity contribution < 1.29 is 14.3 Å². The zero-order valence-electron chi connectivity index (χ0n) is 12.7. The fourth-order valence-electron chi connectivity index (χ4n) is 2.34. The number of hydrogen-bond acceptors (Lipinski definition) is 3. The van der Waals surface area contributed by atoms with E-state index in [-0.39, 0.29) is 11.9 Å². The molecular weight excluding hydrogens is 270 g/mol. The average Bonchev–Trinajstić information content (AvgIpc) is 2.47. The van der Waals surface area contributed by atoms with Gasteiger partial charge in [0.1, 0.15) is 12.4 Å². The quantitative estimate of drug-likeness (QED) is 0.929. The van der Waals surface area contributed by atoms with Crippen molar-refractivity contribution in [1.82, 2.24) is 4.90 Å². The first-order valence-corrected chi connectivity index (χ1v) is 7.17. The summed E-state index contributed by atoms with van der Waals surface area (Å²) in [5, 5.41) is 2.84. The Bertz CT molecular complexity index is 541. The van der Waals surface area contributed by atoms with E-state index in [4.69, 9.17) is 4.74 Å². The Kier molecular flexibility index (Phi) is 4.67. The Morgan fingerprint density at radius 2 is 2.05 bits per heavy atom. The van der Waals surface area contributed by atoms with Gasteiger partial charge in [-0.25, -0.2) is 4.79 Å². The molecule has 6 nitrogen and oxygen atoms in total. The second-order valence-corrected chi connectivity index (χ2v) is 4.80. The fourth-order valence-corrected chi connectivity index (χ4v) is 2.34. The highest BCUT2D eigenvalue weighted by Gasteiger charge is 2.21. The Labute approximate surface area is 124 Å². The molecule has 21 heavy (non-hydrogen) atoms. The third-order valence-electron chi connectivity index (χ3n) is 3.51. The van der Waals surface area contributed by atoms with Gasteiger partial charge in [0.15, 0.2) is 0 Å². The number of rotatable bonds is 3. The molecule has 1 aromatic rings. The summed E-state index contributed by atoms with van der Waals surface area (Å²) in [4.78, 5) is 27.0. The second-order valence-electron chi connectivity index (χ2n) is 4.80. The number of amides is 3. The molecule has 1 aromatic carbocycles. The van der Waals surface area contributed by atoms with Crippen LogP contribution in [0.3, 0.4) is 0 Å². The molecular formula is C15H21N3O3. The lowest BCUT2D eigenvalue weighted by atomic mass is 10.2. The first-order chi connectivity index (χ1) is 10.1. The molecule has 0 atom stereocenters. The highest BCUT2D eigenvalue weighted by Crippen LogP contribution is 2.34. The fraction of sp³-hybridized carbons (Fsp3) is 0.467. The second kappa shape index (κ2) is 6.47. The van der Waals surface area contributed by atoms with E-state index in [0.717, 1.165) is 5.69 Å². The third-order valence-corrected chi connectivity index (χ3v) is 3.51. The minimum Gasteiger partial charge on any atom is -0.489 e. The van der Waals surface area contributed by atoms with Crippen molar-refractivity contribution in [3.8, 4) is 5.75 Å². The monoisotopic (exact) mass is 291 g/mol. The van der Waals surface area contributed by atoms with Crippen LogP contribution in [0.5, 0.6) is 5.75 Å². The molecule has 0 fully saturated rings. The number of hydrogen-bond donors (Lipinski definition) is 1. The van der Waals surface area contributed by atoms with Crippen molar-refractivity contribution in [2.24, 2.45) is 0 Å². The molecule has 0 bridgehead atoms. The maximum atomic E-state index is 12.0. The van der Waals surface area contributed by atoms with Crippen molar-refractivity contribution in [2.75, 3.05) is 36.5 Å². The molecule has 1 N–H and O–H groups in total. The van der Waals surface area contributed by atoms with E-state index in [9.17, 15) is 9.59 Å². The first kappa shape index (κ1) is 15.2. The number of urea groups is 1. The smallest absolute Gasteiger partial charge is 0.321 e. The van der Waals surface area contributed by atoms with E-state index >= 15 is 0 Å². The van der Waals surface area contributed by atoms with Gasteiger partial charge in [-0.1, -0.05) is 0 Å². The summed E-state index contributed by atoms with van der Waals surface area (Å²) in [5.41, 5.74) is 1.41. The molecule has 0 aliphatic carbocycles. The molecule has 0 saturated carbocycles. The summed E-state index contributed by atoms with van der Waals surface area (Å²) in [7, 11) is 0. The largest absolute Gasteiger partial charge is 0.489 e. The SMILES string of the molecule is CCN(CC)C(=O)Nc1ccc2c(c1)OCCN2C(C)=O. The average molecular weight is 291 g/mol. The van der Waals surface area contributed by atoms with Gasteiger partial charge in [-0.15, -0.1) is 0 Å². The van der Waals surface area contributed by atoms with Gasteiger partial charge in [-0.05, 0) is 26.0 Å². The zero-order valence-corrected chi connectivity index (χ0v) is 12.7. The predicted octanol–water partition coefficient (Wildman–Crippen LogP) is 2.31. The van der Waals surface area contributed by atoms with Gasteiger partial charge in [-0.2, -0.15) is 0 Å². The predicted molar refractivity (Wildman–Crippen MR) is 81.9 cm³/mol. The van der Waals surface area contributed by atoms with Crippen molar-refractivity contribution >= 4 is 23.3 Å². The van der Waals surface area contributed by atoms with Gasteiger partial charge in [0.2, 0.25) is 5.91 Å². The molecule has 0 spiro atoms. The van der Waals surface area contributed by atoms with E-state index in [0.29, 0.717) is 37.7 Å². The molecule has 6 heteroatoms. The lowest BCUT2D eigenvalue weighted by molar-refractivity contribution is -0.116. The Hall–Kier alpha value is -2.24. The van der Waals surface area contributed by atoms with Crippen LogP contribution in [0.15, 0.2) is 18.2 Å². The summed E-state index contributed by atoms with van der Waals surface area (Å²) < 4.78 is 5.58. The molecule has 2 rings (SSSR count). The summed E-state index contributed by atoms with van der Waals surface area (Å²) in [5.74, 6) is 0.605. The third kappa shape index (κ3) is 3.26. The number of anilines is 2. The van der Waals surface area contributed by atoms with Crippen LogP contribution in [0.1, 0.15) is 20.8 Å². The normalized spacial score (nSPS) is 13.2. The van der Waals surface area contributed by atoms with Gasteiger partial charge >= 0.3 is 6.03 Å². The van der Waals surface area contributed by atoms with Crippen LogP contribution < -0.4 is 15.0 Å². The number of ether oxygens (including phenoxy) is 1.